The number of fused-ring (bicyclic) bond motifs is 1. The summed E-state index contributed by atoms with van der Waals surface area (Å²) in [4.78, 5) is 25.8. The second kappa shape index (κ2) is 4.48. The molecule has 0 saturated carbocycles. The Hall–Kier alpha value is -1.64. The summed E-state index contributed by atoms with van der Waals surface area (Å²) in [6.07, 6.45) is 0.873. The standard InChI is InChI=1S/C16H21NO2/c1-10-8-11(2)13-12(9-10)17(15(19)14(13)18)7-6-16(3,4)5/h8-9H,6-7H2,1-5H3. The van der Waals surface area contributed by atoms with Gasteiger partial charge in [-0.2, -0.15) is 0 Å². The second-order valence-corrected chi connectivity index (χ2v) is 6.57. The van der Waals surface area contributed by atoms with E-state index in [1.54, 1.807) is 4.90 Å². The summed E-state index contributed by atoms with van der Waals surface area (Å²) < 4.78 is 0. The van der Waals surface area contributed by atoms with Crippen molar-refractivity contribution < 1.29 is 9.59 Å². The third kappa shape index (κ3) is 2.55. The monoisotopic (exact) mass is 259 g/mol. The highest BCUT2D eigenvalue weighted by Gasteiger charge is 2.37. The Morgan fingerprint density at radius 2 is 1.74 bits per heavy atom. The molecule has 2 rings (SSSR count). The number of ketones is 1. The van der Waals surface area contributed by atoms with Gasteiger partial charge in [-0.15, -0.1) is 0 Å². The molecule has 1 aliphatic heterocycles. The fraction of sp³-hybridized carbons (Fsp3) is 0.500. The molecule has 1 aliphatic rings. The van der Waals surface area contributed by atoms with Crippen LogP contribution in [0, 0.1) is 19.3 Å². The molecule has 0 aromatic heterocycles. The molecule has 0 saturated heterocycles. The molecule has 1 aromatic rings. The van der Waals surface area contributed by atoms with Crippen LogP contribution in [0.2, 0.25) is 0 Å². The molecular formula is C16H21NO2. The SMILES string of the molecule is Cc1cc(C)c2c(c1)N(CCC(C)(C)C)C(=O)C2=O. The van der Waals surface area contributed by atoms with Crippen molar-refractivity contribution in [2.75, 3.05) is 11.4 Å². The number of rotatable bonds is 2. The lowest BCUT2D eigenvalue weighted by molar-refractivity contribution is -0.114. The summed E-state index contributed by atoms with van der Waals surface area (Å²) in [5.41, 5.74) is 3.50. The van der Waals surface area contributed by atoms with Gasteiger partial charge < -0.3 is 4.90 Å². The van der Waals surface area contributed by atoms with E-state index >= 15 is 0 Å². The smallest absolute Gasteiger partial charge is 0.299 e. The molecule has 0 spiro atoms. The molecule has 1 amide bonds. The van der Waals surface area contributed by atoms with Crippen molar-refractivity contribution in [3.8, 4) is 0 Å². The largest absolute Gasteiger partial charge is 0.305 e. The molecule has 1 heterocycles. The van der Waals surface area contributed by atoms with Crippen molar-refractivity contribution in [3.63, 3.8) is 0 Å². The van der Waals surface area contributed by atoms with Crippen LogP contribution in [-0.2, 0) is 4.79 Å². The first-order valence-electron chi connectivity index (χ1n) is 6.68. The molecular weight excluding hydrogens is 238 g/mol. The number of aryl methyl sites for hydroxylation is 2. The molecule has 0 N–H and O–H groups in total. The minimum Gasteiger partial charge on any atom is -0.305 e. The van der Waals surface area contributed by atoms with Crippen LogP contribution in [-0.4, -0.2) is 18.2 Å². The van der Waals surface area contributed by atoms with Gasteiger partial charge in [0.05, 0.1) is 11.3 Å². The number of benzene rings is 1. The van der Waals surface area contributed by atoms with E-state index < -0.39 is 0 Å². The van der Waals surface area contributed by atoms with E-state index in [4.69, 9.17) is 0 Å². The van der Waals surface area contributed by atoms with Gasteiger partial charge in [0.15, 0.2) is 0 Å². The third-order valence-electron chi connectivity index (χ3n) is 3.50. The van der Waals surface area contributed by atoms with E-state index in [0.29, 0.717) is 12.1 Å². The van der Waals surface area contributed by atoms with Gasteiger partial charge in [-0.05, 0) is 42.9 Å². The van der Waals surface area contributed by atoms with Crippen molar-refractivity contribution >= 4 is 17.4 Å². The molecule has 102 valence electrons. The first kappa shape index (κ1) is 13.8. The van der Waals surface area contributed by atoms with Gasteiger partial charge in [0.1, 0.15) is 0 Å². The van der Waals surface area contributed by atoms with Crippen LogP contribution in [0.4, 0.5) is 5.69 Å². The summed E-state index contributed by atoms with van der Waals surface area (Å²) in [6.45, 7) is 10.9. The van der Waals surface area contributed by atoms with Crippen LogP contribution in [0.25, 0.3) is 0 Å². The first-order chi connectivity index (χ1) is 8.70. The number of carbonyl (C=O) groups excluding carboxylic acids is 2. The number of Topliss-reactive ketones (excluding diaryl/α,β-unsaturated/α-hetero) is 1. The van der Waals surface area contributed by atoms with Crippen molar-refractivity contribution in [2.45, 2.75) is 41.0 Å². The van der Waals surface area contributed by atoms with E-state index in [0.717, 1.165) is 23.2 Å². The van der Waals surface area contributed by atoms with Crippen LogP contribution >= 0.6 is 0 Å². The Labute approximate surface area is 114 Å². The summed E-state index contributed by atoms with van der Waals surface area (Å²) in [7, 11) is 0. The Bertz CT molecular complexity index is 553. The maximum atomic E-state index is 12.1. The zero-order chi connectivity index (χ0) is 14.4. The first-order valence-corrected chi connectivity index (χ1v) is 6.68. The van der Waals surface area contributed by atoms with Crippen LogP contribution in [0.5, 0.6) is 0 Å². The zero-order valence-corrected chi connectivity index (χ0v) is 12.3. The lowest BCUT2D eigenvalue weighted by Crippen LogP contribution is -2.32. The zero-order valence-electron chi connectivity index (χ0n) is 12.3. The highest BCUT2D eigenvalue weighted by atomic mass is 16.2. The highest BCUT2D eigenvalue weighted by Crippen LogP contribution is 2.33. The van der Waals surface area contributed by atoms with Crippen molar-refractivity contribution in [1.82, 2.24) is 0 Å². The Morgan fingerprint density at radius 1 is 1.11 bits per heavy atom. The average molecular weight is 259 g/mol. The van der Waals surface area contributed by atoms with E-state index in [1.165, 1.54) is 0 Å². The van der Waals surface area contributed by atoms with Crippen LogP contribution in [0.3, 0.4) is 0 Å². The predicted molar refractivity (Wildman–Crippen MR) is 76.7 cm³/mol. The maximum Gasteiger partial charge on any atom is 0.299 e. The van der Waals surface area contributed by atoms with Crippen molar-refractivity contribution in [1.29, 1.82) is 0 Å². The molecule has 19 heavy (non-hydrogen) atoms. The van der Waals surface area contributed by atoms with Gasteiger partial charge >= 0.3 is 0 Å². The summed E-state index contributed by atoms with van der Waals surface area (Å²) >= 11 is 0. The normalized spacial score (nSPS) is 15.1. The lowest BCUT2D eigenvalue weighted by atomic mass is 9.92. The van der Waals surface area contributed by atoms with E-state index in [9.17, 15) is 9.59 Å². The van der Waals surface area contributed by atoms with Gasteiger partial charge in [-0.3, -0.25) is 9.59 Å². The Balaban J connectivity index is 2.39. The van der Waals surface area contributed by atoms with Crippen molar-refractivity contribution in [3.05, 3.63) is 28.8 Å². The number of amides is 1. The number of hydrogen-bond acceptors (Lipinski definition) is 2. The summed E-state index contributed by atoms with van der Waals surface area (Å²) in [6, 6.07) is 3.89. The number of carbonyl (C=O) groups is 2. The molecule has 0 atom stereocenters. The van der Waals surface area contributed by atoms with Crippen LogP contribution < -0.4 is 4.90 Å². The van der Waals surface area contributed by atoms with Crippen molar-refractivity contribution in [2.24, 2.45) is 5.41 Å². The molecule has 1 aromatic carbocycles. The minimum atomic E-state index is -0.382. The maximum absolute atomic E-state index is 12.1. The molecule has 0 fully saturated rings. The molecule has 0 bridgehead atoms. The van der Waals surface area contributed by atoms with Gasteiger partial charge in [0.25, 0.3) is 11.7 Å². The average Bonchev–Trinajstić information content (AvgIpc) is 2.48. The highest BCUT2D eigenvalue weighted by molar-refractivity contribution is 6.52. The Kier molecular flexibility index (Phi) is 3.25. The number of hydrogen-bond donors (Lipinski definition) is 0. The van der Waals surface area contributed by atoms with Gasteiger partial charge in [0, 0.05) is 6.54 Å². The molecule has 3 heteroatoms. The molecule has 3 nitrogen and oxygen atoms in total. The van der Waals surface area contributed by atoms with Gasteiger partial charge in [0.2, 0.25) is 0 Å². The van der Waals surface area contributed by atoms with Crippen LogP contribution in [0.15, 0.2) is 12.1 Å². The van der Waals surface area contributed by atoms with E-state index in [1.807, 2.05) is 26.0 Å². The van der Waals surface area contributed by atoms with Crippen LogP contribution in [0.1, 0.15) is 48.7 Å². The number of nitrogens with zero attached hydrogens (tertiary/aromatic N) is 1. The minimum absolute atomic E-state index is 0.144. The van der Waals surface area contributed by atoms with E-state index in [2.05, 4.69) is 20.8 Å². The summed E-state index contributed by atoms with van der Waals surface area (Å²) in [5.74, 6) is -0.741. The number of anilines is 1. The van der Waals surface area contributed by atoms with Gasteiger partial charge in [-0.1, -0.05) is 26.8 Å². The topological polar surface area (TPSA) is 37.4 Å². The second-order valence-electron chi connectivity index (χ2n) is 6.57. The lowest BCUT2D eigenvalue weighted by Gasteiger charge is -2.23. The van der Waals surface area contributed by atoms with E-state index in [-0.39, 0.29) is 17.1 Å². The molecule has 0 radical (unpaired) electrons. The summed E-state index contributed by atoms with van der Waals surface area (Å²) in [5, 5.41) is 0. The van der Waals surface area contributed by atoms with Gasteiger partial charge in [-0.25, -0.2) is 0 Å². The third-order valence-corrected chi connectivity index (χ3v) is 3.50. The fourth-order valence-electron chi connectivity index (χ4n) is 2.46. The Morgan fingerprint density at radius 3 is 2.32 bits per heavy atom. The molecule has 0 aliphatic carbocycles. The quantitative estimate of drug-likeness (QED) is 0.764. The fourth-order valence-corrected chi connectivity index (χ4v) is 2.46. The molecule has 0 unspecified atom stereocenters. The predicted octanol–water partition coefficient (Wildman–Crippen LogP) is 3.27.